The van der Waals surface area contributed by atoms with E-state index in [0.717, 1.165) is 0 Å². The quantitative estimate of drug-likeness (QED) is 0.411. The van der Waals surface area contributed by atoms with Crippen LogP contribution in [0.4, 0.5) is 0 Å². The molecule has 0 saturated carbocycles. The van der Waals surface area contributed by atoms with Crippen molar-refractivity contribution in [3.63, 3.8) is 0 Å². The molecule has 1 unspecified atom stereocenters. The molecular formula is C12H27O7P. The van der Waals surface area contributed by atoms with Gasteiger partial charge < -0.3 is 19.1 Å². The largest absolute Gasteiger partial charge is 0.472 e. The van der Waals surface area contributed by atoms with E-state index in [1.165, 1.54) is 0 Å². The van der Waals surface area contributed by atoms with Crippen molar-refractivity contribution in [2.45, 2.75) is 39.9 Å². The number of phosphoric ester groups is 1. The van der Waals surface area contributed by atoms with E-state index in [1.54, 1.807) is 13.8 Å². The van der Waals surface area contributed by atoms with Crippen molar-refractivity contribution in [2.75, 3.05) is 39.6 Å². The van der Waals surface area contributed by atoms with E-state index >= 15 is 0 Å². The Balaban J connectivity index is 3.30. The summed E-state index contributed by atoms with van der Waals surface area (Å²) in [5, 5.41) is 0. The lowest BCUT2D eigenvalue weighted by Crippen LogP contribution is -2.13. The van der Waals surface area contributed by atoms with Crippen LogP contribution < -0.4 is 0 Å². The van der Waals surface area contributed by atoms with Crippen LogP contribution in [0, 0.1) is 0 Å². The lowest BCUT2D eigenvalue weighted by molar-refractivity contribution is -0.00663. The summed E-state index contributed by atoms with van der Waals surface area (Å²) in [5.41, 5.74) is 0. The van der Waals surface area contributed by atoms with E-state index in [1.807, 2.05) is 13.8 Å². The zero-order valence-electron chi connectivity index (χ0n) is 12.7. The highest BCUT2D eigenvalue weighted by molar-refractivity contribution is 7.47. The molecule has 0 aliphatic carbocycles. The Kier molecular flexibility index (Phi) is 11.6. The summed E-state index contributed by atoms with van der Waals surface area (Å²) in [6.45, 7) is 9.36. The third-order valence-electron chi connectivity index (χ3n) is 1.88. The third-order valence-corrected chi connectivity index (χ3v) is 3.07. The number of rotatable bonds is 13. The van der Waals surface area contributed by atoms with Gasteiger partial charge in [0, 0.05) is 0 Å². The lowest BCUT2D eigenvalue weighted by Gasteiger charge is -2.14. The average molecular weight is 314 g/mol. The van der Waals surface area contributed by atoms with E-state index in [0.29, 0.717) is 26.4 Å². The van der Waals surface area contributed by atoms with E-state index in [9.17, 15) is 9.46 Å². The van der Waals surface area contributed by atoms with E-state index in [-0.39, 0.29) is 25.4 Å². The fourth-order valence-corrected chi connectivity index (χ4v) is 2.07. The molecule has 0 spiro atoms. The maximum absolute atomic E-state index is 11.3. The predicted octanol–water partition coefficient (Wildman–Crippen LogP) is 1.99. The monoisotopic (exact) mass is 314 g/mol. The fraction of sp³-hybridized carbons (Fsp3) is 1.00. The van der Waals surface area contributed by atoms with Gasteiger partial charge in [0.05, 0.1) is 51.8 Å². The molecule has 0 aromatic heterocycles. The van der Waals surface area contributed by atoms with Gasteiger partial charge in [-0.05, 0) is 27.7 Å². The number of phosphoric acid groups is 1. The summed E-state index contributed by atoms with van der Waals surface area (Å²) in [6, 6.07) is 0. The van der Waals surface area contributed by atoms with Crippen LogP contribution in [0.2, 0.25) is 0 Å². The summed E-state index contributed by atoms with van der Waals surface area (Å²) in [6.07, 6.45) is -0.164. The highest BCUT2D eigenvalue weighted by Crippen LogP contribution is 2.44. The van der Waals surface area contributed by atoms with Crippen LogP contribution in [-0.4, -0.2) is 56.7 Å². The molecule has 0 aliphatic rings. The minimum Gasteiger partial charge on any atom is -0.377 e. The van der Waals surface area contributed by atoms with Gasteiger partial charge in [-0.15, -0.1) is 0 Å². The number of hydrogen-bond donors (Lipinski definition) is 1. The van der Waals surface area contributed by atoms with Crippen LogP contribution in [0.15, 0.2) is 0 Å². The number of ether oxygens (including phenoxy) is 3. The molecule has 0 bridgehead atoms. The molecule has 7 nitrogen and oxygen atoms in total. The Morgan fingerprint density at radius 1 is 0.850 bits per heavy atom. The highest BCUT2D eigenvalue weighted by atomic mass is 31.2. The first-order valence-electron chi connectivity index (χ1n) is 6.76. The van der Waals surface area contributed by atoms with Crippen molar-refractivity contribution < 1.29 is 32.7 Å². The van der Waals surface area contributed by atoms with Crippen molar-refractivity contribution in [1.82, 2.24) is 0 Å². The van der Waals surface area contributed by atoms with E-state index in [4.69, 9.17) is 23.3 Å². The molecule has 0 saturated heterocycles. The van der Waals surface area contributed by atoms with Crippen molar-refractivity contribution in [3.8, 4) is 0 Å². The second kappa shape index (κ2) is 11.6. The summed E-state index contributed by atoms with van der Waals surface area (Å²) in [7, 11) is -3.96. The Labute approximate surface area is 121 Å². The van der Waals surface area contributed by atoms with Gasteiger partial charge in [0.1, 0.15) is 0 Å². The van der Waals surface area contributed by atoms with Gasteiger partial charge in [-0.25, -0.2) is 4.57 Å². The predicted molar refractivity (Wildman–Crippen MR) is 74.7 cm³/mol. The zero-order chi connectivity index (χ0) is 15.4. The van der Waals surface area contributed by atoms with E-state index < -0.39 is 7.82 Å². The average Bonchev–Trinajstić information content (AvgIpc) is 2.29. The Bertz CT molecular complexity index is 271. The smallest absolute Gasteiger partial charge is 0.377 e. The topological polar surface area (TPSA) is 83.5 Å². The Morgan fingerprint density at radius 3 is 1.85 bits per heavy atom. The van der Waals surface area contributed by atoms with Crippen molar-refractivity contribution >= 4 is 7.82 Å². The van der Waals surface area contributed by atoms with Crippen LogP contribution in [-0.2, 0) is 27.8 Å². The van der Waals surface area contributed by atoms with Gasteiger partial charge in [0.15, 0.2) is 0 Å². The Hall–Kier alpha value is -0.0100. The lowest BCUT2D eigenvalue weighted by atomic mass is 10.5. The molecule has 0 radical (unpaired) electrons. The van der Waals surface area contributed by atoms with Crippen LogP contribution in [0.25, 0.3) is 0 Å². The van der Waals surface area contributed by atoms with Gasteiger partial charge in [-0.3, -0.25) is 9.05 Å². The molecule has 20 heavy (non-hydrogen) atoms. The summed E-state index contributed by atoms with van der Waals surface area (Å²) >= 11 is 0. The second-order valence-corrected chi connectivity index (χ2v) is 6.01. The minimum atomic E-state index is -3.96. The standard InChI is InChI=1S/C12H27O7P/c1-11(2)17-9-7-15-5-6-16-8-10-18-20(13,14)19-12(3)4/h11-12H,5-10H2,1-4H3,(H,13,14). The molecule has 0 rings (SSSR count). The maximum Gasteiger partial charge on any atom is 0.472 e. The molecular weight excluding hydrogens is 287 g/mol. The molecule has 0 aromatic rings. The first-order valence-corrected chi connectivity index (χ1v) is 8.26. The van der Waals surface area contributed by atoms with Crippen LogP contribution in [0.5, 0.6) is 0 Å². The minimum absolute atomic E-state index is 0.00302. The molecule has 0 aromatic carbocycles. The van der Waals surface area contributed by atoms with Crippen LogP contribution in [0.1, 0.15) is 27.7 Å². The van der Waals surface area contributed by atoms with Crippen molar-refractivity contribution in [3.05, 3.63) is 0 Å². The van der Waals surface area contributed by atoms with Gasteiger partial charge in [-0.2, -0.15) is 0 Å². The highest BCUT2D eigenvalue weighted by Gasteiger charge is 2.22. The molecule has 122 valence electrons. The molecule has 0 fully saturated rings. The molecule has 0 aliphatic heterocycles. The fourth-order valence-electron chi connectivity index (χ4n) is 1.17. The normalized spacial score (nSPS) is 14.9. The van der Waals surface area contributed by atoms with Gasteiger partial charge >= 0.3 is 7.82 Å². The summed E-state index contributed by atoms with van der Waals surface area (Å²) < 4.78 is 36.5. The molecule has 0 heterocycles. The molecule has 8 heteroatoms. The van der Waals surface area contributed by atoms with Gasteiger partial charge in [0.2, 0.25) is 0 Å². The maximum atomic E-state index is 11.3. The second-order valence-electron chi connectivity index (χ2n) is 4.60. The summed E-state index contributed by atoms with van der Waals surface area (Å²) in [5.74, 6) is 0. The van der Waals surface area contributed by atoms with Gasteiger partial charge in [-0.1, -0.05) is 0 Å². The SMILES string of the molecule is CC(C)OCCOCCOCCOP(=O)(O)OC(C)C. The number of hydrogen-bond acceptors (Lipinski definition) is 6. The third kappa shape index (κ3) is 14.4. The van der Waals surface area contributed by atoms with Crippen LogP contribution >= 0.6 is 7.82 Å². The molecule has 1 atom stereocenters. The van der Waals surface area contributed by atoms with Crippen molar-refractivity contribution in [1.29, 1.82) is 0 Å². The van der Waals surface area contributed by atoms with E-state index in [2.05, 4.69) is 0 Å². The van der Waals surface area contributed by atoms with Gasteiger partial charge in [0.25, 0.3) is 0 Å². The molecule has 0 amide bonds. The molecule has 1 N–H and O–H groups in total. The Morgan fingerprint density at radius 2 is 1.35 bits per heavy atom. The first kappa shape index (κ1) is 20.0. The van der Waals surface area contributed by atoms with Crippen LogP contribution in [0.3, 0.4) is 0 Å². The zero-order valence-corrected chi connectivity index (χ0v) is 13.6. The summed E-state index contributed by atoms with van der Waals surface area (Å²) in [4.78, 5) is 9.25. The first-order chi connectivity index (χ1) is 9.33. The van der Waals surface area contributed by atoms with Crippen molar-refractivity contribution in [2.24, 2.45) is 0 Å².